The van der Waals surface area contributed by atoms with Crippen LogP contribution in [0.4, 0.5) is 0 Å². The largest absolute Gasteiger partial charge is 0.481 e. The molecule has 5 heteroatoms. The molecule has 0 fully saturated rings. The lowest BCUT2D eigenvalue weighted by Gasteiger charge is -2.35. The van der Waals surface area contributed by atoms with Crippen molar-refractivity contribution >= 4 is 11.9 Å². The Morgan fingerprint density at radius 2 is 1.71 bits per heavy atom. The molecule has 0 aromatic carbocycles. The van der Waals surface area contributed by atoms with E-state index in [4.69, 9.17) is 10.9 Å². The number of carbonyl (C=O) groups is 2. The highest BCUT2D eigenvalue weighted by atomic mass is 16.4. The van der Waals surface area contributed by atoms with Gasteiger partial charge in [-0.15, -0.1) is 0 Å². The number of nitrogens with two attached hydrogens (primary N) is 1. The Labute approximate surface area is 128 Å². The molecule has 5 nitrogen and oxygen atoms in total. The Hall–Kier alpha value is -1.10. The summed E-state index contributed by atoms with van der Waals surface area (Å²) in [6.07, 6.45) is 3.22. The van der Waals surface area contributed by atoms with Crippen molar-refractivity contribution in [3.05, 3.63) is 0 Å². The Bertz CT molecular complexity index is 333. The molecule has 0 aliphatic heterocycles. The zero-order valence-electron chi connectivity index (χ0n) is 14.1. The first kappa shape index (κ1) is 19.9. The van der Waals surface area contributed by atoms with Crippen LogP contribution in [0, 0.1) is 17.8 Å². The van der Waals surface area contributed by atoms with E-state index in [2.05, 4.69) is 13.8 Å². The van der Waals surface area contributed by atoms with Crippen molar-refractivity contribution in [1.82, 2.24) is 5.01 Å². The molecule has 0 aliphatic carbocycles. The van der Waals surface area contributed by atoms with Gasteiger partial charge >= 0.3 is 5.97 Å². The number of aliphatic carboxylic acids is 1. The van der Waals surface area contributed by atoms with Gasteiger partial charge in [-0.05, 0) is 17.8 Å². The lowest BCUT2D eigenvalue weighted by Crippen LogP contribution is -2.51. The maximum absolute atomic E-state index is 12.2. The van der Waals surface area contributed by atoms with E-state index >= 15 is 0 Å². The molecule has 0 saturated heterocycles. The predicted molar refractivity (Wildman–Crippen MR) is 84.4 cm³/mol. The molecule has 4 unspecified atom stereocenters. The third kappa shape index (κ3) is 6.93. The zero-order chi connectivity index (χ0) is 16.6. The SMILES string of the molecule is CCCC(C)C(C)C(CC(=O)O)N(N)C(=O)CC(C)CC. The van der Waals surface area contributed by atoms with Crippen molar-refractivity contribution < 1.29 is 14.7 Å². The average Bonchev–Trinajstić information content (AvgIpc) is 2.42. The molecule has 0 bridgehead atoms. The highest BCUT2D eigenvalue weighted by Gasteiger charge is 2.31. The van der Waals surface area contributed by atoms with Crippen LogP contribution in [0.5, 0.6) is 0 Å². The molecule has 124 valence electrons. The molecule has 0 aliphatic rings. The highest BCUT2D eigenvalue weighted by Crippen LogP contribution is 2.25. The van der Waals surface area contributed by atoms with Crippen LogP contribution in [0.3, 0.4) is 0 Å². The van der Waals surface area contributed by atoms with Gasteiger partial charge in [-0.25, -0.2) is 5.84 Å². The van der Waals surface area contributed by atoms with Crippen molar-refractivity contribution in [3.8, 4) is 0 Å². The number of hydrazine groups is 1. The van der Waals surface area contributed by atoms with Gasteiger partial charge in [0.15, 0.2) is 0 Å². The molecule has 1 amide bonds. The standard InChI is InChI=1S/C16H32N2O3/c1-6-8-12(4)13(5)14(10-16(20)21)18(17)15(19)9-11(3)7-2/h11-14H,6-10,17H2,1-5H3,(H,20,21). The van der Waals surface area contributed by atoms with Gasteiger partial charge < -0.3 is 5.11 Å². The Balaban J connectivity index is 4.95. The molecule has 4 atom stereocenters. The van der Waals surface area contributed by atoms with Gasteiger partial charge in [0.25, 0.3) is 0 Å². The van der Waals surface area contributed by atoms with Crippen molar-refractivity contribution in [3.63, 3.8) is 0 Å². The second-order valence-corrected chi connectivity index (χ2v) is 6.31. The van der Waals surface area contributed by atoms with Crippen LogP contribution < -0.4 is 5.84 Å². The first-order valence-corrected chi connectivity index (χ1v) is 8.02. The lowest BCUT2D eigenvalue weighted by atomic mass is 9.84. The minimum absolute atomic E-state index is 0.0620. The number of carboxylic acid groups (broad SMARTS) is 1. The van der Waals surface area contributed by atoms with Crippen LogP contribution in [0.25, 0.3) is 0 Å². The van der Waals surface area contributed by atoms with Crippen LogP contribution in [-0.2, 0) is 9.59 Å². The molecule has 0 spiro atoms. The van der Waals surface area contributed by atoms with Gasteiger partial charge in [0.05, 0.1) is 12.5 Å². The number of carboxylic acids is 1. The third-order valence-electron chi connectivity index (χ3n) is 4.50. The normalized spacial score (nSPS) is 16.9. The van der Waals surface area contributed by atoms with E-state index in [0.717, 1.165) is 19.3 Å². The quantitative estimate of drug-likeness (QED) is 0.369. The second-order valence-electron chi connectivity index (χ2n) is 6.31. The number of rotatable bonds is 10. The fraction of sp³-hybridized carbons (Fsp3) is 0.875. The number of hydrogen-bond donors (Lipinski definition) is 2. The molecule has 0 heterocycles. The van der Waals surface area contributed by atoms with Gasteiger partial charge in [-0.3, -0.25) is 14.6 Å². The fourth-order valence-corrected chi connectivity index (χ4v) is 2.55. The van der Waals surface area contributed by atoms with E-state index in [1.807, 2.05) is 20.8 Å². The Morgan fingerprint density at radius 1 is 1.14 bits per heavy atom. The third-order valence-corrected chi connectivity index (χ3v) is 4.50. The van der Waals surface area contributed by atoms with E-state index < -0.39 is 12.0 Å². The minimum atomic E-state index is -0.915. The van der Waals surface area contributed by atoms with E-state index in [0.29, 0.717) is 12.3 Å². The molecular formula is C16H32N2O3. The van der Waals surface area contributed by atoms with Gasteiger partial charge in [-0.2, -0.15) is 0 Å². The molecular weight excluding hydrogens is 268 g/mol. The molecule has 0 saturated carbocycles. The molecule has 3 N–H and O–H groups in total. The van der Waals surface area contributed by atoms with Crippen molar-refractivity contribution in [2.45, 2.75) is 72.8 Å². The van der Waals surface area contributed by atoms with E-state index in [1.54, 1.807) is 0 Å². The summed E-state index contributed by atoms with van der Waals surface area (Å²) in [5.41, 5.74) is 0. The Morgan fingerprint density at radius 3 is 2.14 bits per heavy atom. The first-order valence-electron chi connectivity index (χ1n) is 8.02. The van der Waals surface area contributed by atoms with Gasteiger partial charge in [-0.1, -0.05) is 53.9 Å². The van der Waals surface area contributed by atoms with Crippen molar-refractivity contribution in [2.24, 2.45) is 23.6 Å². The van der Waals surface area contributed by atoms with Crippen LogP contribution in [0.1, 0.15) is 66.7 Å². The molecule has 21 heavy (non-hydrogen) atoms. The number of carbonyl (C=O) groups excluding carboxylic acids is 1. The number of nitrogens with zero attached hydrogens (tertiary/aromatic N) is 1. The lowest BCUT2D eigenvalue weighted by molar-refractivity contribution is -0.143. The fourth-order valence-electron chi connectivity index (χ4n) is 2.55. The average molecular weight is 300 g/mol. The smallest absolute Gasteiger partial charge is 0.305 e. The highest BCUT2D eigenvalue weighted by molar-refractivity contribution is 5.77. The van der Waals surface area contributed by atoms with Crippen molar-refractivity contribution in [2.75, 3.05) is 0 Å². The van der Waals surface area contributed by atoms with Gasteiger partial charge in [0.2, 0.25) is 5.91 Å². The molecule has 0 aromatic heterocycles. The van der Waals surface area contributed by atoms with Crippen LogP contribution >= 0.6 is 0 Å². The monoisotopic (exact) mass is 300 g/mol. The summed E-state index contributed by atoms with van der Waals surface area (Å²) in [5, 5.41) is 10.3. The summed E-state index contributed by atoms with van der Waals surface area (Å²) in [6, 6.07) is -0.444. The summed E-state index contributed by atoms with van der Waals surface area (Å²) in [4.78, 5) is 23.3. The number of hydrogen-bond acceptors (Lipinski definition) is 3. The van der Waals surface area contributed by atoms with Gasteiger partial charge in [0, 0.05) is 6.42 Å². The van der Waals surface area contributed by atoms with E-state index in [9.17, 15) is 9.59 Å². The first-order chi connectivity index (χ1) is 9.74. The molecule has 0 radical (unpaired) electrons. The second kappa shape index (κ2) is 9.77. The van der Waals surface area contributed by atoms with E-state index in [-0.39, 0.29) is 24.2 Å². The molecule has 0 aromatic rings. The van der Waals surface area contributed by atoms with Crippen LogP contribution in [0.15, 0.2) is 0 Å². The van der Waals surface area contributed by atoms with Gasteiger partial charge in [0.1, 0.15) is 0 Å². The van der Waals surface area contributed by atoms with Crippen LogP contribution in [-0.4, -0.2) is 28.0 Å². The minimum Gasteiger partial charge on any atom is -0.481 e. The Kier molecular flexibility index (Phi) is 9.26. The van der Waals surface area contributed by atoms with Crippen molar-refractivity contribution in [1.29, 1.82) is 0 Å². The summed E-state index contributed by atoms with van der Waals surface area (Å²) >= 11 is 0. The summed E-state index contributed by atoms with van der Waals surface area (Å²) in [7, 11) is 0. The summed E-state index contributed by atoms with van der Waals surface area (Å²) in [6.45, 7) is 10.2. The summed E-state index contributed by atoms with van der Waals surface area (Å²) in [5.74, 6) is 5.55. The maximum atomic E-state index is 12.2. The molecule has 0 rings (SSSR count). The predicted octanol–water partition coefficient (Wildman–Crippen LogP) is 3.04. The maximum Gasteiger partial charge on any atom is 0.305 e. The zero-order valence-corrected chi connectivity index (χ0v) is 14.1. The topological polar surface area (TPSA) is 83.6 Å². The van der Waals surface area contributed by atoms with E-state index in [1.165, 1.54) is 5.01 Å². The summed E-state index contributed by atoms with van der Waals surface area (Å²) < 4.78 is 0. The number of amides is 1. The van der Waals surface area contributed by atoms with Crippen LogP contribution in [0.2, 0.25) is 0 Å².